The fourth-order valence-electron chi connectivity index (χ4n) is 2.42. The van der Waals surface area contributed by atoms with E-state index in [9.17, 15) is 4.79 Å². The van der Waals surface area contributed by atoms with Gasteiger partial charge in [-0.25, -0.2) is 0 Å². The molecule has 23 heavy (non-hydrogen) atoms. The molecule has 1 aliphatic rings. The van der Waals surface area contributed by atoms with Crippen molar-refractivity contribution in [1.82, 2.24) is 0 Å². The molecule has 0 unspecified atom stereocenters. The van der Waals surface area contributed by atoms with Crippen LogP contribution in [0.1, 0.15) is 29.5 Å². The SMILES string of the molecule is N#Cc1ccc(Oc2ccc3c(c2)CCCC(=O)O3)cc1C#N. The zero-order valence-corrected chi connectivity index (χ0v) is 12.2. The van der Waals surface area contributed by atoms with Crippen molar-refractivity contribution in [3.05, 3.63) is 53.1 Å². The topological polar surface area (TPSA) is 83.1 Å². The van der Waals surface area contributed by atoms with Gasteiger partial charge in [0, 0.05) is 6.42 Å². The van der Waals surface area contributed by atoms with Crippen LogP contribution in [0.2, 0.25) is 0 Å². The van der Waals surface area contributed by atoms with E-state index in [0.717, 1.165) is 18.4 Å². The molecular weight excluding hydrogens is 292 g/mol. The Bertz CT molecular complexity index is 860. The van der Waals surface area contributed by atoms with Crippen LogP contribution in [-0.2, 0) is 11.2 Å². The number of esters is 1. The van der Waals surface area contributed by atoms with Crippen LogP contribution >= 0.6 is 0 Å². The van der Waals surface area contributed by atoms with Gasteiger partial charge >= 0.3 is 5.97 Å². The summed E-state index contributed by atoms with van der Waals surface area (Å²) in [5.74, 6) is 1.42. The van der Waals surface area contributed by atoms with E-state index in [0.29, 0.717) is 29.2 Å². The number of benzene rings is 2. The second-order valence-corrected chi connectivity index (χ2v) is 5.13. The summed E-state index contributed by atoms with van der Waals surface area (Å²) >= 11 is 0. The first-order valence-corrected chi connectivity index (χ1v) is 7.15. The van der Waals surface area contributed by atoms with Gasteiger partial charge in [0.15, 0.2) is 0 Å². The van der Waals surface area contributed by atoms with Crippen LogP contribution in [0.3, 0.4) is 0 Å². The van der Waals surface area contributed by atoms with Crippen molar-refractivity contribution in [2.24, 2.45) is 0 Å². The van der Waals surface area contributed by atoms with E-state index >= 15 is 0 Å². The van der Waals surface area contributed by atoms with Gasteiger partial charge in [0.2, 0.25) is 0 Å². The molecule has 112 valence electrons. The normalized spacial score (nSPS) is 13.0. The molecule has 0 amide bonds. The second kappa shape index (κ2) is 6.21. The van der Waals surface area contributed by atoms with Gasteiger partial charge in [0.1, 0.15) is 29.4 Å². The maximum Gasteiger partial charge on any atom is 0.311 e. The lowest BCUT2D eigenvalue weighted by atomic mass is 10.1. The number of carbonyl (C=O) groups is 1. The van der Waals surface area contributed by atoms with Crippen molar-refractivity contribution in [2.45, 2.75) is 19.3 Å². The van der Waals surface area contributed by atoms with Crippen molar-refractivity contribution in [3.8, 4) is 29.4 Å². The first kappa shape index (κ1) is 14.6. The third-order valence-electron chi connectivity index (χ3n) is 3.55. The number of nitrogens with zero attached hydrogens (tertiary/aromatic N) is 2. The Morgan fingerprint density at radius 3 is 2.48 bits per heavy atom. The van der Waals surface area contributed by atoms with Gasteiger partial charge in [-0.05, 0) is 54.8 Å². The van der Waals surface area contributed by atoms with Crippen molar-refractivity contribution in [3.63, 3.8) is 0 Å². The fourth-order valence-corrected chi connectivity index (χ4v) is 2.42. The van der Waals surface area contributed by atoms with Crippen LogP contribution in [0.4, 0.5) is 0 Å². The van der Waals surface area contributed by atoms with Gasteiger partial charge in [0.25, 0.3) is 0 Å². The number of aryl methyl sites for hydroxylation is 1. The number of rotatable bonds is 2. The third-order valence-corrected chi connectivity index (χ3v) is 3.55. The minimum atomic E-state index is -0.219. The van der Waals surface area contributed by atoms with Crippen LogP contribution in [0, 0.1) is 22.7 Å². The molecule has 3 rings (SSSR count). The third kappa shape index (κ3) is 3.14. The number of fused-ring (bicyclic) bond motifs is 1. The molecule has 0 fully saturated rings. The molecule has 5 heteroatoms. The summed E-state index contributed by atoms with van der Waals surface area (Å²) in [5, 5.41) is 18.0. The molecule has 0 atom stereocenters. The molecule has 0 aliphatic carbocycles. The Morgan fingerprint density at radius 1 is 0.957 bits per heavy atom. The van der Waals surface area contributed by atoms with Crippen LogP contribution in [-0.4, -0.2) is 5.97 Å². The summed E-state index contributed by atoms with van der Waals surface area (Å²) in [5.41, 5.74) is 1.50. The molecule has 0 aromatic heterocycles. The first-order chi connectivity index (χ1) is 11.2. The van der Waals surface area contributed by atoms with Gasteiger partial charge in [-0.2, -0.15) is 10.5 Å². The number of hydrogen-bond acceptors (Lipinski definition) is 5. The average molecular weight is 304 g/mol. The number of ether oxygens (including phenoxy) is 2. The zero-order valence-electron chi connectivity index (χ0n) is 12.2. The Morgan fingerprint density at radius 2 is 1.70 bits per heavy atom. The highest BCUT2D eigenvalue weighted by molar-refractivity contribution is 5.73. The molecule has 0 spiro atoms. The highest BCUT2D eigenvalue weighted by atomic mass is 16.5. The monoisotopic (exact) mass is 304 g/mol. The second-order valence-electron chi connectivity index (χ2n) is 5.13. The average Bonchev–Trinajstić information content (AvgIpc) is 2.75. The summed E-state index contributed by atoms with van der Waals surface area (Å²) in [6.45, 7) is 0. The Hall–Kier alpha value is -3.31. The Labute approximate surface area is 133 Å². The molecule has 0 saturated carbocycles. The summed E-state index contributed by atoms with van der Waals surface area (Å²) in [7, 11) is 0. The van der Waals surface area contributed by atoms with Crippen molar-refractivity contribution in [2.75, 3.05) is 0 Å². The van der Waals surface area contributed by atoms with E-state index in [-0.39, 0.29) is 11.5 Å². The molecule has 0 saturated heterocycles. The van der Waals surface area contributed by atoms with Gasteiger partial charge in [-0.15, -0.1) is 0 Å². The predicted molar refractivity (Wildman–Crippen MR) is 81.0 cm³/mol. The summed E-state index contributed by atoms with van der Waals surface area (Å²) < 4.78 is 11.0. The van der Waals surface area contributed by atoms with Crippen molar-refractivity contribution >= 4 is 5.97 Å². The standard InChI is InChI=1S/C18H12N2O3/c19-10-13-4-5-15(9-14(13)11-20)22-16-6-7-17-12(8-16)2-1-3-18(21)23-17/h4-9H,1-3H2. The summed E-state index contributed by atoms with van der Waals surface area (Å²) in [4.78, 5) is 11.4. The van der Waals surface area contributed by atoms with Crippen LogP contribution in [0.5, 0.6) is 17.2 Å². The molecule has 1 aliphatic heterocycles. The van der Waals surface area contributed by atoms with Crippen LogP contribution in [0.15, 0.2) is 36.4 Å². The van der Waals surface area contributed by atoms with Gasteiger partial charge < -0.3 is 9.47 Å². The van der Waals surface area contributed by atoms with Crippen LogP contribution in [0.25, 0.3) is 0 Å². The Balaban J connectivity index is 1.87. The maximum atomic E-state index is 11.4. The van der Waals surface area contributed by atoms with Gasteiger partial charge in [-0.1, -0.05) is 0 Å². The lowest BCUT2D eigenvalue weighted by molar-refractivity contribution is -0.134. The highest BCUT2D eigenvalue weighted by Gasteiger charge is 2.15. The first-order valence-electron chi connectivity index (χ1n) is 7.15. The Kier molecular flexibility index (Phi) is 3.95. The summed E-state index contributed by atoms with van der Waals surface area (Å²) in [6, 6.07) is 13.9. The molecule has 2 aromatic rings. The number of carbonyl (C=O) groups excluding carboxylic acids is 1. The largest absolute Gasteiger partial charge is 0.457 e. The molecular formula is C18H12N2O3. The van der Waals surface area contributed by atoms with Crippen LogP contribution < -0.4 is 9.47 Å². The number of nitriles is 2. The quantitative estimate of drug-likeness (QED) is 0.626. The highest BCUT2D eigenvalue weighted by Crippen LogP contribution is 2.31. The smallest absolute Gasteiger partial charge is 0.311 e. The molecule has 0 N–H and O–H groups in total. The lowest BCUT2D eigenvalue weighted by Gasteiger charge is -2.10. The molecule has 0 bridgehead atoms. The molecule has 0 radical (unpaired) electrons. The van der Waals surface area contributed by atoms with E-state index in [1.165, 1.54) is 6.07 Å². The molecule has 1 heterocycles. The predicted octanol–water partition coefficient (Wildman–Crippen LogP) is 3.46. The minimum absolute atomic E-state index is 0.219. The molecule has 5 nitrogen and oxygen atoms in total. The van der Waals surface area contributed by atoms with Crippen molar-refractivity contribution in [1.29, 1.82) is 10.5 Å². The van der Waals surface area contributed by atoms with Gasteiger partial charge in [0.05, 0.1) is 11.1 Å². The van der Waals surface area contributed by atoms with Crippen molar-refractivity contribution < 1.29 is 14.3 Å². The van der Waals surface area contributed by atoms with Gasteiger partial charge in [-0.3, -0.25) is 4.79 Å². The number of hydrogen-bond donors (Lipinski definition) is 0. The fraction of sp³-hybridized carbons (Fsp3) is 0.167. The van der Waals surface area contributed by atoms with E-state index in [1.807, 2.05) is 18.2 Å². The minimum Gasteiger partial charge on any atom is -0.457 e. The maximum absolute atomic E-state index is 11.4. The zero-order chi connectivity index (χ0) is 16.2. The summed E-state index contributed by atoms with van der Waals surface area (Å²) in [6.07, 6.45) is 1.89. The van der Waals surface area contributed by atoms with E-state index < -0.39 is 0 Å². The van der Waals surface area contributed by atoms with E-state index in [2.05, 4.69) is 0 Å². The van der Waals surface area contributed by atoms with E-state index in [1.54, 1.807) is 24.3 Å². The van der Waals surface area contributed by atoms with E-state index in [4.69, 9.17) is 20.0 Å². The lowest BCUT2D eigenvalue weighted by Crippen LogP contribution is -2.05. The molecule has 2 aromatic carbocycles.